The quantitative estimate of drug-likeness (QED) is 0.711. The summed E-state index contributed by atoms with van der Waals surface area (Å²) in [7, 11) is 0. The zero-order chi connectivity index (χ0) is 20.3. The summed E-state index contributed by atoms with van der Waals surface area (Å²) in [6.07, 6.45) is 2.41. The van der Waals surface area contributed by atoms with E-state index in [1.54, 1.807) is 0 Å². The lowest BCUT2D eigenvalue weighted by Gasteiger charge is -2.53. The molecule has 5 heterocycles. The van der Waals surface area contributed by atoms with Crippen molar-refractivity contribution in [3.8, 4) is 0 Å². The number of fused-ring (bicyclic) bond motifs is 3. The van der Waals surface area contributed by atoms with Crippen LogP contribution in [0.15, 0.2) is 53.7 Å². The number of halogens is 2. The molecule has 30 heavy (non-hydrogen) atoms. The number of benzene rings is 2. The van der Waals surface area contributed by atoms with Crippen molar-refractivity contribution in [1.29, 1.82) is 0 Å². The first kappa shape index (κ1) is 18.3. The smallest absolute Gasteiger partial charge is 0.191 e. The highest BCUT2D eigenvalue weighted by molar-refractivity contribution is 5.85. The molecule has 2 bridgehead atoms. The van der Waals surface area contributed by atoms with Gasteiger partial charge in [0.25, 0.3) is 0 Å². The van der Waals surface area contributed by atoms with Gasteiger partial charge in [-0.25, -0.2) is 8.78 Å². The molecule has 0 N–H and O–H groups in total. The van der Waals surface area contributed by atoms with E-state index in [9.17, 15) is 4.39 Å². The van der Waals surface area contributed by atoms with Crippen LogP contribution in [0, 0.1) is 5.82 Å². The van der Waals surface area contributed by atoms with Gasteiger partial charge < -0.3 is 9.74 Å². The van der Waals surface area contributed by atoms with Crippen molar-refractivity contribution in [3.05, 3.63) is 71.0 Å². The van der Waals surface area contributed by atoms with Crippen molar-refractivity contribution in [3.63, 3.8) is 0 Å². The van der Waals surface area contributed by atoms with Crippen molar-refractivity contribution >= 4 is 5.84 Å². The van der Waals surface area contributed by atoms with E-state index in [2.05, 4.69) is 33.2 Å². The Bertz CT molecular complexity index is 1000. The molecule has 3 fully saturated rings. The predicted molar refractivity (Wildman–Crippen MR) is 110 cm³/mol. The zero-order valence-electron chi connectivity index (χ0n) is 16.9. The number of nitrogens with zero attached hydrogens (tertiary/aromatic N) is 3. The minimum atomic E-state index is -1.31. The Kier molecular flexibility index (Phi) is 3.97. The molecule has 2 aromatic carbocycles. The molecule has 0 radical (unpaired) electrons. The van der Waals surface area contributed by atoms with Gasteiger partial charge in [-0.3, -0.25) is 4.90 Å². The van der Waals surface area contributed by atoms with E-state index in [1.165, 1.54) is 23.3 Å². The fourth-order valence-electron chi connectivity index (χ4n) is 5.81. The minimum absolute atomic E-state index is 0.0790. The number of piperidine rings is 3. The van der Waals surface area contributed by atoms with Crippen LogP contribution in [0.4, 0.5) is 8.78 Å². The fourth-order valence-corrected chi connectivity index (χ4v) is 5.81. The molecule has 7 rings (SSSR count). The maximum Gasteiger partial charge on any atom is 0.191 e. The molecule has 5 aliphatic rings. The summed E-state index contributed by atoms with van der Waals surface area (Å²) in [4.78, 5) is 10.5. The minimum Gasteiger partial charge on any atom is -0.382 e. The number of alkyl halides is 1. The van der Waals surface area contributed by atoms with E-state index in [4.69, 9.17) is 4.84 Å². The second-order valence-corrected chi connectivity index (χ2v) is 9.11. The number of amidine groups is 1. The maximum absolute atomic E-state index is 15.9. The van der Waals surface area contributed by atoms with Gasteiger partial charge in [0, 0.05) is 26.2 Å². The third-order valence-corrected chi connectivity index (χ3v) is 7.51. The van der Waals surface area contributed by atoms with E-state index in [1.807, 2.05) is 18.2 Å². The van der Waals surface area contributed by atoms with Gasteiger partial charge in [0.15, 0.2) is 11.3 Å². The first-order chi connectivity index (χ1) is 14.6. The molecule has 3 saturated heterocycles. The molecule has 2 aromatic rings. The van der Waals surface area contributed by atoms with Gasteiger partial charge in [-0.05, 0) is 48.1 Å². The lowest BCUT2D eigenvalue weighted by atomic mass is 9.71. The van der Waals surface area contributed by atoms with Crippen LogP contribution in [0.3, 0.4) is 0 Å². The molecule has 0 saturated carbocycles. The molecule has 0 unspecified atom stereocenters. The fraction of sp³-hybridized carbons (Fsp3) is 0.458. The normalized spacial score (nSPS) is 34.6. The molecule has 5 aliphatic heterocycles. The van der Waals surface area contributed by atoms with Gasteiger partial charge in [0.2, 0.25) is 0 Å². The molecular formula is C24H25F2N3O. The molecule has 2 atom stereocenters. The molecule has 0 aromatic heterocycles. The van der Waals surface area contributed by atoms with Crippen LogP contribution in [0.25, 0.3) is 0 Å². The molecule has 1 spiro atoms. The Balaban J connectivity index is 1.37. The topological polar surface area (TPSA) is 28.1 Å². The summed E-state index contributed by atoms with van der Waals surface area (Å²) < 4.78 is 29.5. The van der Waals surface area contributed by atoms with E-state index >= 15 is 4.39 Å². The van der Waals surface area contributed by atoms with Crippen molar-refractivity contribution in [2.75, 3.05) is 26.2 Å². The first-order valence-electron chi connectivity index (χ1n) is 10.8. The van der Waals surface area contributed by atoms with Crippen LogP contribution >= 0.6 is 0 Å². The van der Waals surface area contributed by atoms with E-state index in [0.29, 0.717) is 25.8 Å². The Morgan fingerprint density at radius 3 is 2.53 bits per heavy atom. The molecule has 0 aliphatic carbocycles. The van der Waals surface area contributed by atoms with Crippen LogP contribution in [0.2, 0.25) is 0 Å². The highest BCUT2D eigenvalue weighted by Crippen LogP contribution is 2.50. The Hall–Kier alpha value is -2.47. The third kappa shape index (κ3) is 2.62. The molecule has 6 heteroatoms. The molecule has 156 valence electrons. The number of rotatable bonds is 1. The second-order valence-electron chi connectivity index (χ2n) is 9.11. The van der Waals surface area contributed by atoms with E-state index in [-0.39, 0.29) is 11.9 Å². The Morgan fingerprint density at radius 1 is 1.00 bits per heavy atom. The average molecular weight is 409 g/mol. The first-order valence-corrected chi connectivity index (χ1v) is 10.8. The predicted octanol–water partition coefficient (Wildman–Crippen LogP) is 4.06. The van der Waals surface area contributed by atoms with Gasteiger partial charge in [-0.1, -0.05) is 41.6 Å². The van der Waals surface area contributed by atoms with Crippen LogP contribution in [-0.4, -0.2) is 53.1 Å². The maximum atomic E-state index is 15.9. The largest absolute Gasteiger partial charge is 0.382 e. The lowest BCUT2D eigenvalue weighted by molar-refractivity contribution is -0.199. The summed E-state index contributed by atoms with van der Waals surface area (Å²) in [5, 5.41) is 4.47. The summed E-state index contributed by atoms with van der Waals surface area (Å²) in [5.41, 5.74) is 1.32. The highest BCUT2D eigenvalue weighted by atomic mass is 19.1. The highest BCUT2D eigenvalue weighted by Gasteiger charge is 2.64. The van der Waals surface area contributed by atoms with Gasteiger partial charge >= 0.3 is 0 Å². The van der Waals surface area contributed by atoms with Gasteiger partial charge in [-0.2, -0.15) is 0 Å². The molecule has 4 nitrogen and oxygen atoms in total. The number of hydrogen-bond donors (Lipinski definition) is 0. The van der Waals surface area contributed by atoms with Crippen molar-refractivity contribution in [2.45, 2.75) is 43.0 Å². The molecular weight excluding hydrogens is 384 g/mol. The SMILES string of the molecule is Fc1ccc([C@H]2c3ccccc3CCN2C2=NO[C@]3(C2)CN2CCC3(F)CC2)cc1. The summed E-state index contributed by atoms with van der Waals surface area (Å²) in [5.74, 6) is 0.561. The average Bonchev–Trinajstić information content (AvgIpc) is 3.19. The van der Waals surface area contributed by atoms with Crippen molar-refractivity contribution in [1.82, 2.24) is 9.80 Å². The van der Waals surface area contributed by atoms with E-state index in [0.717, 1.165) is 37.5 Å². The third-order valence-electron chi connectivity index (χ3n) is 7.51. The standard InChI is InChI=1S/C24H25F2N3O/c25-19-7-5-18(6-8-19)22-20-4-2-1-3-17(20)9-12-29(22)21-15-24(30-27-21)16-28-13-10-23(24,26)11-14-28/h1-8,22H,9-16H2/t22-,24+/m0/s1. The van der Waals surface area contributed by atoms with Gasteiger partial charge in [-0.15, -0.1) is 0 Å². The summed E-state index contributed by atoms with van der Waals surface area (Å²) in [6, 6.07) is 15.0. The van der Waals surface area contributed by atoms with Crippen molar-refractivity contribution in [2.24, 2.45) is 5.16 Å². The van der Waals surface area contributed by atoms with E-state index < -0.39 is 11.3 Å². The van der Waals surface area contributed by atoms with Crippen LogP contribution < -0.4 is 0 Å². The summed E-state index contributed by atoms with van der Waals surface area (Å²) in [6.45, 7) is 2.97. The Morgan fingerprint density at radius 2 is 1.77 bits per heavy atom. The number of oxime groups is 1. The van der Waals surface area contributed by atoms with Crippen molar-refractivity contribution < 1.29 is 13.6 Å². The van der Waals surface area contributed by atoms with Crippen LogP contribution in [0.5, 0.6) is 0 Å². The monoisotopic (exact) mass is 409 g/mol. The molecule has 0 amide bonds. The Labute approximate surface area is 175 Å². The van der Waals surface area contributed by atoms with Crippen LogP contribution in [0.1, 0.15) is 42.0 Å². The zero-order valence-corrected chi connectivity index (χ0v) is 16.9. The second kappa shape index (κ2) is 6.51. The van der Waals surface area contributed by atoms with Gasteiger partial charge in [0.1, 0.15) is 11.7 Å². The lowest BCUT2D eigenvalue weighted by Crippen LogP contribution is -2.68. The van der Waals surface area contributed by atoms with Crippen LogP contribution in [-0.2, 0) is 11.3 Å². The summed E-state index contributed by atoms with van der Waals surface area (Å²) >= 11 is 0. The number of hydrogen-bond acceptors (Lipinski definition) is 4. The van der Waals surface area contributed by atoms with Gasteiger partial charge in [0.05, 0.1) is 12.5 Å².